The second kappa shape index (κ2) is 9.86. The number of halogens is 1. The molecule has 2 aromatic carbocycles. The fourth-order valence-corrected chi connectivity index (χ4v) is 2.96. The number of nitrogens with one attached hydrogen (secondary N) is 1. The van der Waals surface area contributed by atoms with Crippen molar-refractivity contribution < 1.29 is 14.0 Å². The molecule has 0 heterocycles. The molecule has 2 rings (SSSR count). The Labute approximate surface area is 160 Å². The summed E-state index contributed by atoms with van der Waals surface area (Å²) in [7, 11) is 0. The second-order valence-corrected chi connectivity index (χ2v) is 6.90. The highest BCUT2D eigenvalue weighted by molar-refractivity contribution is 5.88. The largest absolute Gasteiger partial charge is 0.352 e. The molecule has 0 aliphatic rings. The monoisotopic (exact) mass is 370 g/mol. The molecule has 5 heteroatoms. The van der Waals surface area contributed by atoms with Crippen LogP contribution in [0.15, 0.2) is 54.6 Å². The van der Waals surface area contributed by atoms with Gasteiger partial charge in [-0.1, -0.05) is 49.4 Å². The number of hydrogen-bond donors (Lipinski definition) is 1. The van der Waals surface area contributed by atoms with Crippen molar-refractivity contribution in [3.8, 4) is 0 Å². The number of benzene rings is 2. The summed E-state index contributed by atoms with van der Waals surface area (Å²) >= 11 is 0. The summed E-state index contributed by atoms with van der Waals surface area (Å²) in [5, 5.41) is 2.90. The van der Waals surface area contributed by atoms with Crippen LogP contribution in [-0.4, -0.2) is 28.8 Å². The van der Waals surface area contributed by atoms with Crippen LogP contribution in [0.25, 0.3) is 0 Å². The summed E-state index contributed by atoms with van der Waals surface area (Å²) in [5.74, 6) is -0.627. The molecule has 0 aromatic heterocycles. The molecule has 0 fully saturated rings. The fourth-order valence-electron chi connectivity index (χ4n) is 2.96. The van der Waals surface area contributed by atoms with Gasteiger partial charge in [0.1, 0.15) is 11.9 Å². The van der Waals surface area contributed by atoms with E-state index in [9.17, 15) is 14.0 Å². The van der Waals surface area contributed by atoms with E-state index in [1.807, 2.05) is 51.1 Å². The predicted molar refractivity (Wildman–Crippen MR) is 104 cm³/mol. The summed E-state index contributed by atoms with van der Waals surface area (Å²) in [6, 6.07) is 14.9. The minimum absolute atomic E-state index is 0.0107. The van der Waals surface area contributed by atoms with Gasteiger partial charge < -0.3 is 10.2 Å². The molecule has 2 aromatic rings. The summed E-state index contributed by atoms with van der Waals surface area (Å²) in [6.45, 7) is 5.93. The maximum Gasteiger partial charge on any atom is 0.243 e. The maximum absolute atomic E-state index is 13.2. The van der Waals surface area contributed by atoms with Gasteiger partial charge in [-0.3, -0.25) is 9.59 Å². The third-order valence-electron chi connectivity index (χ3n) is 4.28. The maximum atomic E-state index is 13.2. The van der Waals surface area contributed by atoms with Gasteiger partial charge in [-0.2, -0.15) is 0 Å². The summed E-state index contributed by atoms with van der Waals surface area (Å²) in [5.41, 5.74) is 1.68. The highest BCUT2D eigenvalue weighted by atomic mass is 19.1. The average Bonchev–Trinajstić information content (AvgIpc) is 2.63. The Hall–Kier alpha value is -2.69. The van der Waals surface area contributed by atoms with Crippen LogP contribution in [0, 0.1) is 5.82 Å². The molecule has 0 spiro atoms. The molecule has 0 saturated heterocycles. The Bertz CT molecular complexity index is 745. The van der Waals surface area contributed by atoms with E-state index in [2.05, 4.69) is 5.32 Å². The minimum atomic E-state index is -0.575. The van der Waals surface area contributed by atoms with E-state index in [0.717, 1.165) is 11.1 Å². The summed E-state index contributed by atoms with van der Waals surface area (Å²) in [6.07, 6.45) is 0.716. The van der Waals surface area contributed by atoms with Crippen LogP contribution in [0.3, 0.4) is 0 Å². The van der Waals surface area contributed by atoms with Crippen molar-refractivity contribution in [2.45, 2.75) is 52.2 Å². The van der Waals surface area contributed by atoms with Gasteiger partial charge in [0, 0.05) is 12.6 Å². The van der Waals surface area contributed by atoms with Crippen LogP contribution < -0.4 is 5.32 Å². The van der Waals surface area contributed by atoms with Gasteiger partial charge in [-0.05, 0) is 43.5 Å². The van der Waals surface area contributed by atoms with E-state index >= 15 is 0 Å². The topological polar surface area (TPSA) is 49.4 Å². The molecule has 2 amide bonds. The highest BCUT2D eigenvalue weighted by Crippen LogP contribution is 2.15. The summed E-state index contributed by atoms with van der Waals surface area (Å²) < 4.78 is 13.2. The molecular formula is C22H27FN2O2. The van der Waals surface area contributed by atoms with E-state index in [-0.39, 0.29) is 36.6 Å². The SMILES string of the molecule is CCC(C(=O)NC(C)C)N(Cc1ccc(F)cc1)C(=O)Cc1ccccc1. The number of nitrogens with zero attached hydrogens (tertiary/aromatic N) is 1. The van der Waals surface area contributed by atoms with Crippen molar-refractivity contribution in [1.29, 1.82) is 0 Å². The first-order chi connectivity index (χ1) is 12.9. The molecule has 1 unspecified atom stereocenters. The van der Waals surface area contributed by atoms with Crippen LogP contribution in [0.4, 0.5) is 4.39 Å². The van der Waals surface area contributed by atoms with E-state index in [1.165, 1.54) is 12.1 Å². The molecule has 144 valence electrons. The van der Waals surface area contributed by atoms with Gasteiger partial charge in [-0.25, -0.2) is 4.39 Å². The van der Waals surface area contributed by atoms with Gasteiger partial charge in [0.2, 0.25) is 11.8 Å². The molecule has 1 N–H and O–H groups in total. The zero-order chi connectivity index (χ0) is 19.8. The fraction of sp³-hybridized carbons (Fsp3) is 0.364. The smallest absolute Gasteiger partial charge is 0.243 e. The van der Waals surface area contributed by atoms with Crippen molar-refractivity contribution in [1.82, 2.24) is 10.2 Å². The van der Waals surface area contributed by atoms with Crippen molar-refractivity contribution >= 4 is 11.8 Å². The van der Waals surface area contributed by atoms with E-state index < -0.39 is 6.04 Å². The quantitative estimate of drug-likeness (QED) is 0.770. The Morgan fingerprint density at radius 3 is 2.19 bits per heavy atom. The van der Waals surface area contributed by atoms with Crippen LogP contribution in [0.2, 0.25) is 0 Å². The Kier molecular flexibility index (Phi) is 7.53. The van der Waals surface area contributed by atoms with Crippen molar-refractivity contribution in [2.75, 3.05) is 0 Å². The van der Waals surface area contributed by atoms with Crippen molar-refractivity contribution in [2.24, 2.45) is 0 Å². The number of carbonyl (C=O) groups excluding carboxylic acids is 2. The lowest BCUT2D eigenvalue weighted by Gasteiger charge is -2.31. The molecule has 0 saturated carbocycles. The zero-order valence-electron chi connectivity index (χ0n) is 16.1. The van der Waals surface area contributed by atoms with Gasteiger partial charge in [-0.15, -0.1) is 0 Å². The molecule has 0 bridgehead atoms. The minimum Gasteiger partial charge on any atom is -0.352 e. The Morgan fingerprint density at radius 2 is 1.63 bits per heavy atom. The van der Waals surface area contributed by atoms with E-state index in [1.54, 1.807) is 17.0 Å². The first-order valence-corrected chi connectivity index (χ1v) is 9.29. The standard InChI is InChI=1S/C22H27FN2O2/c1-4-20(22(27)24-16(2)3)25(15-18-10-12-19(23)13-11-18)21(26)14-17-8-6-5-7-9-17/h5-13,16,20H,4,14-15H2,1-3H3,(H,24,27). The number of amides is 2. The molecule has 27 heavy (non-hydrogen) atoms. The molecular weight excluding hydrogens is 343 g/mol. The molecule has 1 atom stereocenters. The third-order valence-corrected chi connectivity index (χ3v) is 4.28. The lowest BCUT2D eigenvalue weighted by molar-refractivity contribution is -0.141. The van der Waals surface area contributed by atoms with Crippen LogP contribution in [-0.2, 0) is 22.6 Å². The van der Waals surface area contributed by atoms with Crippen LogP contribution >= 0.6 is 0 Å². The predicted octanol–water partition coefficient (Wildman–Crippen LogP) is 3.70. The second-order valence-electron chi connectivity index (χ2n) is 6.90. The number of hydrogen-bond acceptors (Lipinski definition) is 2. The van der Waals surface area contributed by atoms with Gasteiger partial charge in [0.15, 0.2) is 0 Å². The molecule has 0 radical (unpaired) electrons. The van der Waals surface area contributed by atoms with Crippen LogP contribution in [0.5, 0.6) is 0 Å². The highest BCUT2D eigenvalue weighted by Gasteiger charge is 2.28. The number of rotatable bonds is 8. The van der Waals surface area contributed by atoms with Gasteiger partial charge in [0.05, 0.1) is 6.42 Å². The van der Waals surface area contributed by atoms with Crippen molar-refractivity contribution in [3.05, 3.63) is 71.5 Å². The lowest BCUT2D eigenvalue weighted by atomic mass is 10.1. The Balaban J connectivity index is 2.26. The normalized spacial score (nSPS) is 11.9. The van der Waals surface area contributed by atoms with E-state index in [0.29, 0.717) is 6.42 Å². The molecule has 0 aliphatic carbocycles. The first kappa shape index (κ1) is 20.6. The van der Waals surface area contributed by atoms with Gasteiger partial charge in [0.25, 0.3) is 0 Å². The molecule has 4 nitrogen and oxygen atoms in total. The zero-order valence-corrected chi connectivity index (χ0v) is 16.1. The summed E-state index contributed by atoms with van der Waals surface area (Å²) in [4.78, 5) is 27.3. The third kappa shape index (κ3) is 6.20. The first-order valence-electron chi connectivity index (χ1n) is 9.29. The van der Waals surface area contributed by atoms with Gasteiger partial charge >= 0.3 is 0 Å². The Morgan fingerprint density at radius 1 is 1.00 bits per heavy atom. The van der Waals surface area contributed by atoms with Crippen molar-refractivity contribution in [3.63, 3.8) is 0 Å². The molecule has 0 aliphatic heterocycles. The average molecular weight is 370 g/mol. The van der Waals surface area contributed by atoms with E-state index in [4.69, 9.17) is 0 Å². The van der Waals surface area contributed by atoms with Crippen LogP contribution in [0.1, 0.15) is 38.3 Å². The lowest BCUT2D eigenvalue weighted by Crippen LogP contribution is -2.50. The number of carbonyl (C=O) groups is 2.